The van der Waals surface area contributed by atoms with Crippen molar-refractivity contribution in [2.24, 2.45) is 4.99 Å². The number of hydrogen-bond acceptors (Lipinski definition) is 10. The third-order valence-electron chi connectivity index (χ3n) is 8.17. The van der Waals surface area contributed by atoms with Gasteiger partial charge in [0.15, 0.2) is 15.1 Å². The largest absolute Gasteiger partial charge is 0.497 e. The number of nitrogens with zero attached hydrogens (tertiary/aromatic N) is 5. The summed E-state index contributed by atoms with van der Waals surface area (Å²) in [6, 6.07) is 16.9. The number of alkyl halides is 3. The first kappa shape index (κ1) is 35.7. The normalized spacial score (nSPS) is 14.7. The first-order valence-corrected chi connectivity index (χ1v) is 17.4. The maximum Gasteiger partial charge on any atom is 0.433 e. The van der Waals surface area contributed by atoms with Crippen molar-refractivity contribution in [2.75, 3.05) is 27.3 Å². The van der Waals surface area contributed by atoms with Crippen LogP contribution in [-0.2, 0) is 11.0 Å². The van der Waals surface area contributed by atoms with Crippen LogP contribution in [0.3, 0.4) is 0 Å². The fraction of sp³-hybridized carbons (Fsp3) is 0.250. The number of methoxy groups -OCH3 is 2. The van der Waals surface area contributed by atoms with Crippen LogP contribution in [0, 0.1) is 0 Å². The summed E-state index contributed by atoms with van der Waals surface area (Å²) in [7, 11) is 3.04. The van der Waals surface area contributed by atoms with E-state index in [1.165, 1.54) is 24.9 Å². The average molecular weight is 736 g/mol. The molecule has 10 nitrogen and oxygen atoms in total. The molecular formula is C36H32F3N5O5S2. The lowest BCUT2D eigenvalue weighted by Gasteiger charge is -2.30. The molecule has 0 saturated carbocycles. The van der Waals surface area contributed by atoms with Gasteiger partial charge in [-0.15, -0.1) is 0 Å². The fourth-order valence-electron chi connectivity index (χ4n) is 5.68. The number of fused-ring (bicyclic) bond motifs is 1. The van der Waals surface area contributed by atoms with Crippen LogP contribution >= 0.6 is 23.1 Å². The molecule has 5 aromatic rings. The highest BCUT2D eigenvalue weighted by Gasteiger charge is 2.36. The minimum absolute atomic E-state index is 0.115. The second kappa shape index (κ2) is 14.6. The van der Waals surface area contributed by atoms with E-state index in [-0.39, 0.29) is 32.1 Å². The molecule has 264 valence electrons. The molecule has 0 bridgehead atoms. The van der Waals surface area contributed by atoms with Crippen LogP contribution in [0.2, 0.25) is 0 Å². The van der Waals surface area contributed by atoms with E-state index in [0.717, 1.165) is 29.2 Å². The number of likely N-dealkylation sites (N-methyl/N-ethyl adjacent to an activating group) is 1. The Hall–Kier alpha value is -5.15. The number of carbonyl (C=O) groups excluding carboxylic acids is 1. The van der Waals surface area contributed by atoms with Gasteiger partial charge < -0.3 is 18.8 Å². The van der Waals surface area contributed by atoms with Crippen LogP contribution in [0.1, 0.15) is 43.8 Å². The second-order valence-corrected chi connectivity index (χ2v) is 13.2. The van der Waals surface area contributed by atoms with Gasteiger partial charge in [-0.2, -0.15) is 13.2 Å². The number of benzene rings is 2. The molecule has 1 aliphatic heterocycles. The summed E-state index contributed by atoms with van der Waals surface area (Å²) in [6.45, 7) is 6.41. The number of thiazole rings is 1. The third-order valence-corrected chi connectivity index (χ3v) is 9.94. The van der Waals surface area contributed by atoms with Gasteiger partial charge in [0.2, 0.25) is 0 Å². The molecule has 2 aromatic carbocycles. The van der Waals surface area contributed by atoms with Gasteiger partial charge in [0.1, 0.15) is 29.0 Å². The van der Waals surface area contributed by atoms with E-state index in [2.05, 4.69) is 9.97 Å². The van der Waals surface area contributed by atoms with Crippen molar-refractivity contribution in [3.8, 4) is 22.8 Å². The Morgan fingerprint density at radius 2 is 1.78 bits per heavy atom. The quantitative estimate of drug-likeness (QED) is 0.153. The molecule has 0 unspecified atom stereocenters. The molecule has 15 heteroatoms. The lowest BCUT2D eigenvalue weighted by Crippen LogP contribution is -2.43. The minimum atomic E-state index is -4.69. The number of carbonyl (C=O) groups is 1. The smallest absolute Gasteiger partial charge is 0.433 e. The van der Waals surface area contributed by atoms with Crippen molar-refractivity contribution in [3.05, 3.63) is 115 Å². The molecule has 1 amide bonds. The van der Waals surface area contributed by atoms with Crippen molar-refractivity contribution in [1.29, 1.82) is 0 Å². The average Bonchev–Trinajstić information content (AvgIpc) is 3.69. The molecule has 0 N–H and O–H groups in total. The van der Waals surface area contributed by atoms with E-state index in [4.69, 9.17) is 18.9 Å². The van der Waals surface area contributed by atoms with E-state index < -0.39 is 23.5 Å². The molecule has 0 spiro atoms. The van der Waals surface area contributed by atoms with Gasteiger partial charge in [-0.05, 0) is 68.9 Å². The SMILES string of the molecule is CCN(CC)C(=O)C1=C(C)N=c2s/c(=C\c3ccc(Sc4nc(-c5ccccc5)cc(C(F)(F)F)n4)o3)c(=O)n2[C@@H]1c1cc(OC)ccc1OC. The van der Waals surface area contributed by atoms with Gasteiger partial charge in [-0.25, -0.2) is 15.0 Å². The minimum Gasteiger partial charge on any atom is -0.497 e. The highest BCUT2D eigenvalue weighted by Crippen LogP contribution is 2.38. The molecule has 0 fully saturated rings. The summed E-state index contributed by atoms with van der Waals surface area (Å²) in [5.41, 5.74) is 0.448. The highest BCUT2D eigenvalue weighted by molar-refractivity contribution is 7.99. The number of amides is 1. The van der Waals surface area contributed by atoms with E-state index in [1.807, 2.05) is 13.8 Å². The van der Waals surface area contributed by atoms with Crippen LogP contribution in [0.15, 0.2) is 102 Å². The number of ether oxygens (including phenoxy) is 2. The van der Waals surface area contributed by atoms with Crippen LogP contribution in [0.25, 0.3) is 17.3 Å². The summed E-state index contributed by atoms with van der Waals surface area (Å²) >= 11 is 1.94. The summed E-state index contributed by atoms with van der Waals surface area (Å²) in [5, 5.41) is 0.0615. The number of furan rings is 1. The highest BCUT2D eigenvalue weighted by atomic mass is 32.2. The van der Waals surface area contributed by atoms with Gasteiger partial charge >= 0.3 is 6.18 Å². The Kier molecular flexibility index (Phi) is 10.2. The van der Waals surface area contributed by atoms with Gasteiger partial charge in [0.05, 0.1) is 35.7 Å². The standard InChI is InChI=1S/C36H32F3N5O5S2/c1-6-43(7-2)33(46)30-20(3)40-35-44(31(30)24-17-22(47-4)13-15-26(24)48-5)32(45)27(50-35)18-23-14-16-29(49-23)51-34-41-25(21-11-9-8-10-12-21)19-28(42-34)36(37,38)39/h8-19,31H,6-7H2,1-5H3/b27-18-/t31-/m1/s1. The number of hydrogen-bond donors (Lipinski definition) is 0. The van der Waals surface area contributed by atoms with E-state index >= 15 is 0 Å². The third kappa shape index (κ3) is 7.21. The Bertz CT molecular complexity index is 2310. The van der Waals surface area contributed by atoms with E-state index in [0.29, 0.717) is 51.8 Å². The maximum atomic E-state index is 14.2. The van der Waals surface area contributed by atoms with Crippen molar-refractivity contribution in [1.82, 2.24) is 19.4 Å². The van der Waals surface area contributed by atoms with Gasteiger partial charge in [-0.3, -0.25) is 14.2 Å². The molecular weight excluding hydrogens is 704 g/mol. The van der Waals surface area contributed by atoms with Gasteiger partial charge in [0.25, 0.3) is 11.5 Å². The Labute approximate surface area is 298 Å². The topological polar surface area (TPSA) is 112 Å². The molecule has 4 heterocycles. The Balaban J connectivity index is 1.42. The van der Waals surface area contributed by atoms with Crippen molar-refractivity contribution >= 4 is 35.1 Å². The van der Waals surface area contributed by atoms with E-state index in [1.54, 1.807) is 72.5 Å². The molecule has 6 rings (SSSR count). The zero-order valence-corrected chi connectivity index (χ0v) is 29.8. The Morgan fingerprint density at radius 3 is 2.45 bits per heavy atom. The molecule has 0 saturated heterocycles. The maximum absolute atomic E-state index is 14.2. The summed E-state index contributed by atoms with van der Waals surface area (Å²) in [6.07, 6.45) is -3.16. The van der Waals surface area contributed by atoms with Crippen molar-refractivity contribution < 1.29 is 31.9 Å². The molecule has 3 aromatic heterocycles. The molecule has 0 aliphatic carbocycles. The molecule has 1 aliphatic rings. The van der Waals surface area contributed by atoms with Crippen LogP contribution in [-0.4, -0.2) is 52.7 Å². The summed E-state index contributed by atoms with van der Waals surface area (Å²) in [5.74, 6) is 0.974. The predicted molar refractivity (Wildman–Crippen MR) is 187 cm³/mol. The summed E-state index contributed by atoms with van der Waals surface area (Å²) in [4.78, 5) is 43.0. The number of allylic oxidation sites excluding steroid dienone is 1. The zero-order valence-electron chi connectivity index (χ0n) is 28.1. The van der Waals surface area contributed by atoms with Crippen LogP contribution in [0.4, 0.5) is 13.2 Å². The monoisotopic (exact) mass is 735 g/mol. The lowest BCUT2D eigenvalue weighted by atomic mass is 9.93. The van der Waals surface area contributed by atoms with Gasteiger partial charge in [-0.1, -0.05) is 41.7 Å². The van der Waals surface area contributed by atoms with Gasteiger partial charge in [0, 0.05) is 30.3 Å². The zero-order chi connectivity index (χ0) is 36.4. The fourth-order valence-corrected chi connectivity index (χ4v) is 7.45. The predicted octanol–water partition coefficient (Wildman–Crippen LogP) is 6.34. The second-order valence-electron chi connectivity index (χ2n) is 11.2. The van der Waals surface area contributed by atoms with Crippen LogP contribution < -0.4 is 24.4 Å². The Morgan fingerprint density at radius 1 is 1.04 bits per heavy atom. The van der Waals surface area contributed by atoms with Crippen molar-refractivity contribution in [3.63, 3.8) is 0 Å². The first-order valence-electron chi connectivity index (χ1n) is 15.8. The molecule has 1 atom stereocenters. The number of halogens is 3. The molecule has 51 heavy (non-hydrogen) atoms. The van der Waals surface area contributed by atoms with Crippen LogP contribution in [0.5, 0.6) is 11.5 Å². The molecule has 0 radical (unpaired) electrons. The number of rotatable bonds is 10. The van der Waals surface area contributed by atoms with Crippen molar-refractivity contribution in [2.45, 2.75) is 43.2 Å². The number of aromatic nitrogens is 3. The first-order chi connectivity index (χ1) is 24.4. The summed E-state index contributed by atoms with van der Waals surface area (Å²) < 4.78 is 60.2. The lowest BCUT2D eigenvalue weighted by molar-refractivity contribution is -0.141. The van der Waals surface area contributed by atoms with E-state index in [9.17, 15) is 22.8 Å².